The number of pyridine rings is 1. The van der Waals surface area contributed by atoms with Gasteiger partial charge in [-0.2, -0.15) is 4.99 Å². The molecule has 6 nitrogen and oxygen atoms in total. The zero-order valence-electron chi connectivity index (χ0n) is 13.4. The van der Waals surface area contributed by atoms with Gasteiger partial charge in [-0.05, 0) is 29.3 Å². The van der Waals surface area contributed by atoms with Crippen LogP contribution in [0, 0.1) is 0 Å². The number of hydrogen-bond acceptors (Lipinski definition) is 4. The molecule has 1 heterocycles. The molecule has 0 saturated heterocycles. The molecule has 0 unspecified atom stereocenters. The van der Waals surface area contributed by atoms with Crippen LogP contribution < -0.4 is 11.5 Å². The van der Waals surface area contributed by atoms with Gasteiger partial charge >= 0.3 is 5.97 Å². The van der Waals surface area contributed by atoms with E-state index in [0.29, 0.717) is 21.8 Å². The topological polar surface area (TPSA) is 104 Å². The summed E-state index contributed by atoms with van der Waals surface area (Å²) < 4.78 is 4.76. The van der Waals surface area contributed by atoms with Crippen molar-refractivity contribution in [2.75, 3.05) is 7.11 Å². The minimum Gasteiger partial charge on any atom is -0.465 e. The number of benzene rings is 2. The molecule has 0 aliphatic heterocycles. The van der Waals surface area contributed by atoms with Crippen molar-refractivity contribution in [2.24, 2.45) is 16.5 Å². The number of aromatic nitrogens is 1. The van der Waals surface area contributed by atoms with Crippen LogP contribution in [-0.4, -0.2) is 24.0 Å². The predicted octanol–water partition coefficient (Wildman–Crippen LogP) is 3.25. The summed E-state index contributed by atoms with van der Waals surface area (Å²) in [6.45, 7) is 0. The van der Waals surface area contributed by atoms with E-state index < -0.39 is 5.97 Å². The molecule has 3 rings (SSSR count). The zero-order valence-corrected chi connectivity index (χ0v) is 14.1. The first-order valence-corrected chi connectivity index (χ1v) is 7.74. The number of nitrogens with two attached hydrogens (primary N) is 2. The molecular weight excluding hydrogens is 340 g/mol. The molecule has 0 atom stereocenters. The molecule has 4 N–H and O–H groups in total. The lowest BCUT2D eigenvalue weighted by atomic mass is 10.00. The SMILES string of the molecule is COC(=O)c1cccc(-c2ccc3c(Cl)cnc(N=C(N)N)c3c2)c1. The first kappa shape index (κ1) is 16.7. The Morgan fingerprint density at radius 1 is 1.12 bits per heavy atom. The van der Waals surface area contributed by atoms with Crippen molar-refractivity contribution in [1.82, 2.24) is 4.98 Å². The maximum atomic E-state index is 11.7. The minimum absolute atomic E-state index is 0.0887. The summed E-state index contributed by atoms with van der Waals surface area (Å²) in [6.07, 6.45) is 1.50. The number of rotatable bonds is 3. The van der Waals surface area contributed by atoms with Crippen molar-refractivity contribution in [3.63, 3.8) is 0 Å². The van der Waals surface area contributed by atoms with Gasteiger partial charge in [-0.25, -0.2) is 9.78 Å². The van der Waals surface area contributed by atoms with Gasteiger partial charge in [0.05, 0.1) is 17.7 Å². The van der Waals surface area contributed by atoms with Crippen LogP contribution in [0.5, 0.6) is 0 Å². The van der Waals surface area contributed by atoms with Gasteiger partial charge in [0.15, 0.2) is 11.8 Å². The summed E-state index contributed by atoms with van der Waals surface area (Å²) in [7, 11) is 1.35. The minimum atomic E-state index is -0.395. The third kappa shape index (κ3) is 3.39. The van der Waals surface area contributed by atoms with E-state index in [1.165, 1.54) is 13.3 Å². The van der Waals surface area contributed by atoms with E-state index in [1.54, 1.807) is 18.2 Å². The highest BCUT2D eigenvalue weighted by atomic mass is 35.5. The Bertz CT molecular complexity index is 998. The molecule has 0 aliphatic carbocycles. The number of methoxy groups -OCH3 is 1. The summed E-state index contributed by atoms with van der Waals surface area (Å²) in [4.78, 5) is 20.0. The zero-order chi connectivity index (χ0) is 18.0. The van der Waals surface area contributed by atoms with Crippen LogP contribution in [0.3, 0.4) is 0 Å². The summed E-state index contributed by atoms with van der Waals surface area (Å²) in [5.74, 6) is -0.104. The van der Waals surface area contributed by atoms with Gasteiger partial charge in [0.2, 0.25) is 0 Å². The predicted molar refractivity (Wildman–Crippen MR) is 99.0 cm³/mol. The van der Waals surface area contributed by atoms with E-state index in [4.69, 9.17) is 27.8 Å². The highest BCUT2D eigenvalue weighted by Crippen LogP contribution is 2.33. The number of ether oxygens (including phenoxy) is 1. The van der Waals surface area contributed by atoms with Crippen molar-refractivity contribution in [1.29, 1.82) is 0 Å². The van der Waals surface area contributed by atoms with Crippen LogP contribution in [0.2, 0.25) is 5.02 Å². The first-order chi connectivity index (χ1) is 12.0. The molecule has 0 spiro atoms. The molecule has 0 bridgehead atoms. The monoisotopic (exact) mass is 354 g/mol. The number of guanidine groups is 1. The van der Waals surface area contributed by atoms with E-state index in [0.717, 1.165) is 16.5 Å². The van der Waals surface area contributed by atoms with Crippen LogP contribution in [0.1, 0.15) is 10.4 Å². The normalized spacial score (nSPS) is 10.5. The fraction of sp³-hybridized carbons (Fsp3) is 0.0556. The second kappa shape index (κ2) is 6.78. The van der Waals surface area contributed by atoms with Crippen molar-refractivity contribution in [3.8, 4) is 11.1 Å². The number of carbonyl (C=O) groups excluding carboxylic acids is 1. The molecule has 1 aromatic heterocycles. The van der Waals surface area contributed by atoms with E-state index in [2.05, 4.69) is 9.98 Å². The quantitative estimate of drug-likeness (QED) is 0.427. The Morgan fingerprint density at radius 3 is 2.60 bits per heavy atom. The highest BCUT2D eigenvalue weighted by Gasteiger charge is 2.10. The average Bonchev–Trinajstić information content (AvgIpc) is 2.63. The first-order valence-electron chi connectivity index (χ1n) is 7.36. The van der Waals surface area contributed by atoms with E-state index in [1.807, 2.05) is 24.3 Å². The molecule has 0 aliphatic rings. The van der Waals surface area contributed by atoms with Crippen molar-refractivity contribution in [3.05, 3.63) is 59.2 Å². The van der Waals surface area contributed by atoms with Gasteiger partial charge in [-0.15, -0.1) is 0 Å². The fourth-order valence-corrected chi connectivity index (χ4v) is 2.74. The van der Waals surface area contributed by atoms with Gasteiger partial charge < -0.3 is 16.2 Å². The van der Waals surface area contributed by atoms with Crippen molar-refractivity contribution >= 4 is 40.1 Å². The number of nitrogens with zero attached hydrogens (tertiary/aromatic N) is 2. The fourth-order valence-electron chi connectivity index (χ4n) is 2.53. The lowest BCUT2D eigenvalue weighted by molar-refractivity contribution is 0.0601. The summed E-state index contributed by atoms with van der Waals surface area (Å²) in [6, 6.07) is 12.8. The number of hydrogen-bond donors (Lipinski definition) is 2. The second-order valence-corrected chi connectivity index (χ2v) is 5.71. The number of esters is 1. The van der Waals surface area contributed by atoms with Gasteiger partial charge in [0.1, 0.15) is 0 Å². The Labute approximate surface area is 149 Å². The number of fused-ring (bicyclic) bond motifs is 1. The maximum Gasteiger partial charge on any atom is 0.337 e. The molecule has 0 radical (unpaired) electrons. The van der Waals surface area contributed by atoms with Gasteiger partial charge in [0, 0.05) is 17.0 Å². The number of carbonyl (C=O) groups is 1. The van der Waals surface area contributed by atoms with Crippen LogP contribution >= 0.6 is 11.6 Å². The summed E-state index contributed by atoms with van der Waals surface area (Å²) >= 11 is 6.21. The second-order valence-electron chi connectivity index (χ2n) is 5.30. The van der Waals surface area contributed by atoms with Gasteiger partial charge in [0.25, 0.3) is 0 Å². The van der Waals surface area contributed by atoms with Crippen LogP contribution in [-0.2, 0) is 4.74 Å². The lowest BCUT2D eigenvalue weighted by Crippen LogP contribution is -2.22. The third-order valence-electron chi connectivity index (χ3n) is 3.67. The van der Waals surface area contributed by atoms with E-state index >= 15 is 0 Å². The molecule has 126 valence electrons. The highest BCUT2D eigenvalue weighted by molar-refractivity contribution is 6.35. The average molecular weight is 355 g/mol. The Morgan fingerprint density at radius 2 is 1.88 bits per heavy atom. The van der Waals surface area contributed by atoms with Crippen molar-refractivity contribution < 1.29 is 9.53 Å². The van der Waals surface area contributed by atoms with Crippen LogP contribution in [0.25, 0.3) is 21.9 Å². The number of aliphatic imine (C=N–C) groups is 1. The molecule has 7 heteroatoms. The van der Waals surface area contributed by atoms with Gasteiger partial charge in [-0.3, -0.25) is 0 Å². The van der Waals surface area contributed by atoms with E-state index in [9.17, 15) is 4.79 Å². The van der Waals surface area contributed by atoms with Crippen molar-refractivity contribution in [2.45, 2.75) is 0 Å². The Hall–Kier alpha value is -3.12. The summed E-state index contributed by atoms with van der Waals surface area (Å²) in [5, 5.41) is 1.99. The summed E-state index contributed by atoms with van der Waals surface area (Å²) in [5.41, 5.74) is 13.1. The molecular formula is C18H15ClN4O2. The molecule has 0 fully saturated rings. The van der Waals surface area contributed by atoms with Gasteiger partial charge in [-0.1, -0.05) is 35.9 Å². The van der Waals surface area contributed by atoms with Crippen LogP contribution in [0.4, 0.5) is 5.82 Å². The Kier molecular flexibility index (Phi) is 4.54. The number of halogens is 1. The third-order valence-corrected chi connectivity index (χ3v) is 3.97. The van der Waals surface area contributed by atoms with E-state index in [-0.39, 0.29) is 5.96 Å². The largest absolute Gasteiger partial charge is 0.465 e. The standard InChI is InChI=1S/C18H15ClN4O2/c1-25-17(24)12-4-2-3-10(7-12)11-5-6-13-14(8-11)16(23-18(20)21)22-9-15(13)19/h2-9H,1H3,(H4,20,21,22,23). The molecule has 0 amide bonds. The lowest BCUT2D eigenvalue weighted by Gasteiger charge is -2.08. The molecule has 3 aromatic rings. The molecule has 25 heavy (non-hydrogen) atoms. The molecule has 2 aromatic carbocycles. The smallest absolute Gasteiger partial charge is 0.337 e. The van der Waals surface area contributed by atoms with Crippen LogP contribution in [0.15, 0.2) is 53.7 Å². The maximum absolute atomic E-state index is 11.7. The Balaban J connectivity index is 2.19. The molecule has 0 saturated carbocycles.